The molecule has 4 heteroatoms. The van der Waals surface area contributed by atoms with Crippen molar-refractivity contribution in [2.24, 2.45) is 0 Å². The summed E-state index contributed by atoms with van der Waals surface area (Å²) < 4.78 is 0. The molecule has 1 aliphatic heterocycles. The minimum Gasteiger partial charge on any atom is -0.338 e. The van der Waals surface area contributed by atoms with Gasteiger partial charge in [0.2, 0.25) is 5.91 Å². The number of nitriles is 1. The molecule has 1 amide bonds. The Morgan fingerprint density at radius 2 is 2.06 bits per heavy atom. The monoisotopic (exact) mass is 235 g/mol. The van der Waals surface area contributed by atoms with E-state index in [1.165, 1.54) is 19.3 Å². The van der Waals surface area contributed by atoms with Crippen LogP contribution in [0.15, 0.2) is 0 Å². The van der Waals surface area contributed by atoms with Crippen LogP contribution in [-0.2, 0) is 4.79 Å². The second-order valence-corrected chi connectivity index (χ2v) is 5.05. The van der Waals surface area contributed by atoms with Crippen LogP contribution in [0.25, 0.3) is 0 Å². The van der Waals surface area contributed by atoms with Crippen LogP contribution in [0.5, 0.6) is 0 Å². The molecule has 1 heterocycles. The van der Waals surface area contributed by atoms with Crippen LogP contribution >= 0.6 is 0 Å². The predicted octanol–water partition coefficient (Wildman–Crippen LogP) is 1.42. The molecule has 1 N–H and O–H groups in total. The van der Waals surface area contributed by atoms with Gasteiger partial charge in [0, 0.05) is 12.6 Å². The Hall–Kier alpha value is -1.08. The van der Waals surface area contributed by atoms with E-state index in [-0.39, 0.29) is 11.9 Å². The van der Waals surface area contributed by atoms with Crippen LogP contribution in [0.4, 0.5) is 0 Å². The fraction of sp³-hybridized carbons (Fsp3) is 0.846. The van der Waals surface area contributed by atoms with E-state index in [4.69, 9.17) is 5.26 Å². The zero-order chi connectivity index (χ0) is 12.1. The molecular formula is C13H21N3O. The van der Waals surface area contributed by atoms with E-state index in [9.17, 15) is 4.79 Å². The molecule has 17 heavy (non-hydrogen) atoms. The third-order valence-electron chi connectivity index (χ3n) is 3.86. The molecule has 1 atom stereocenters. The zero-order valence-electron chi connectivity index (χ0n) is 10.3. The molecule has 0 radical (unpaired) electrons. The van der Waals surface area contributed by atoms with Crippen LogP contribution < -0.4 is 5.32 Å². The lowest BCUT2D eigenvalue weighted by Gasteiger charge is -2.34. The van der Waals surface area contributed by atoms with Gasteiger partial charge in [0.05, 0.1) is 18.5 Å². The van der Waals surface area contributed by atoms with Gasteiger partial charge >= 0.3 is 0 Å². The van der Waals surface area contributed by atoms with Gasteiger partial charge in [0.1, 0.15) is 0 Å². The van der Waals surface area contributed by atoms with E-state index < -0.39 is 0 Å². The molecule has 2 fully saturated rings. The normalized spacial score (nSPS) is 27.6. The predicted molar refractivity (Wildman–Crippen MR) is 65.2 cm³/mol. The maximum atomic E-state index is 12.3. The highest BCUT2D eigenvalue weighted by molar-refractivity contribution is 5.82. The summed E-state index contributed by atoms with van der Waals surface area (Å²) in [5.41, 5.74) is 0. The van der Waals surface area contributed by atoms with Gasteiger partial charge in [0.25, 0.3) is 0 Å². The molecule has 1 saturated carbocycles. The van der Waals surface area contributed by atoms with Crippen molar-refractivity contribution in [3.8, 4) is 6.07 Å². The topological polar surface area (TPSA) is 56.1 Å². The summed E-state index contributed by atoms with van der Waals surface area (Å²) in [6, 6.07) is 2.26. The van der Waals surface area contributed by atoms with Crippen LogP contribution in [0.2, 0.25) is 0 Å². The highest BCUT2D eigenvalue weighted by Gasteiger charge is 2.31. The summed E-state index contributed by atoms with van der Waals surface area (Å²) in [4.78, 5) is 14.4. The molecule has 1 unspecified atom stereocenters. The largest absolute Gasteiger partial charge is 0.338 e. The Morgan fingerprint density at radius 1 is 1.29 bits per heavy atom. The minimum atomic E-state index is -0.274. The molecule has 94 valence electrons. The molecule has 0 bridgehead atoms. The van der Waals surface area contributed by atoms with E-state index in [1.807, 2.05) is 4.90 Å². The number of carbonyl (C=O) groups excluding carboxylic acids is 1. The van der Waals surface area contributed by atoms with Gasteiger partial charge in [-0.15, -0.1) is 0 Å². The number of hydrogen-bond donors (Lipinski definition) is 1. The van der Waals surface area contributed by atoms with Crippen molar-refractivity contribution in [2.75, 3.05) is 13.1 Å². The first-order valence-electron chi connectivity index (χ1n) is 6.73. The van der Waals surface area contributed by atoms with Crippen LogP contribution in [0.1, 0.15) is 44.9 Å². The van der Waals surface area contributed by atoms with Gasteiger partial charge < -0.3 is 10.2 Å². The highest BCUT2D eigenvalue weighted by Crippen LogP contribution is 2.24. The second kappa shape index (κ2) is 6.02. The number of nitrogens with one attached hydrogen (secondary N) is 1. The van der Waals surface area contributed by atoms with Crippen molar-refractivity contribution in [3.05, 3.63) is 0 Å². The molecule has 0 aromatic heterocycles. The standard InChI is InChI=1S/C13H21N3O/c14-8-7-12-13(17)16(10-4-9-15-12)11-5-2-1-3-6-11/h11-12,15H,1-7,9-10H2. The molecule has 0 aromatic rings. The SMILES string of the molecule is N#CCC1NCCCN(C2CCCCC2)C1=O. The molecule has 2 rings (SSSR count). The molecule has 1 aliphatic carbocycles. The Labute approximate surface area is 103 Å². The second-order valence-electron chi connectivity index (χ2n) is 5.05. The number of nitrogens with zero attached hydrogens (tertiary/aromatic N) is 2. The van der Waals surface area contributed by atoms with E-state index in [0.717, 1.165) is 32.4 Å². The van der Waals surface area contributed by atoms with E-state index >= 15 is 0 Å². The van der Waals surface area contributed by atoms with Crippen molar-refractivity contribution in [3.63, 3.8) is 0 Å². The Balaban J connectivity index is 2.03. The summed E-state index contributed by atoms with van der Waals surface area (Å²) in [6.07, 6.45) is 7.37. The van der Waals surface area contributed by atoms with Crippen LogP contribution in [0, 0.1) is 11.3 Å². The summed E-state index contributed by atoms with van der Waals surface area (Å²) >= 11 is 0. The molecule has 4 nitrogen and oxygen atoms in total. The highest BCUT2D eigenvalue weighted by atomic mass is 16.2. The Morgan fingerprint density at radius 3 is 2.76 bits per heavy atom. The van der Waals surface area contributed by atoms with Gasteiger partial charge in [-0.2, -0.15) is 5.26 Å². The van der Waals surface area contributed by atoms with E-state index in [1.54, 1.807) is 0 Å². The number of hydrogen-bond acceptors (Lipinski definition) is 3. The fourth-order valence-corrected chi connectivity index (χ4v) is 2.93. The van der Waals surface area contributed by atoms with Crippen molar-refractivity contribution in [1.29, 1.82) is 5.26 Å². The molecule has 0 aromatic carbocycles. The van der Waals surface area contributed by atoms with Crippen molar-refractivity contribution in [2.45, 2.75) is 57.0 Å². The average Bonchev–Trinajstić information content (AvgIpc) is 2.54. The molecule has 0 spiro atoms. The average molecular weight is 235 g/mol. The molecule has 2 aliphatic rings. The smallest absolute Gasteiger partial charge is 0.241 e. The Bertz CT molecular complexity index is 304. The first-order chi connectivity index (χ1) is 8.33. The first-order valence-corrected chi connectivity index (χ1v) is 6.73. The van der Waals surface area contributed by atoms with E-state index in [2.05, 4.69) is 11.4 Å². The number of carbonyl (C=O) groups is 1. The van der Waals surface area contributed by atoms with E-state index in [0.29, 0.717) is 12.5 Å². The van der Waals surface area contributed by atoms with Gasteiger partial charge in [-0.25, -0.2) is 0 Å². The first kappa shape index (κ1) is 12.4. The van der Waals surface area contributed by atoms with Crippen molar-refractivity contribution >= 4 is 5.91 Å². The van der Waals surface area contributed by atoms with Crippen molar-refractivity contribution in [1.82, 2.24) is 10.2 Å². The van der Waals surface area contributed by atoms with Crippen LogP contribution in [-0.4, -0.2) is 36.0 Å². The third-order valence-corrected chi connectivity index (χ3v) is 3.86. The fourth-order valence-electron chi connectivity index (χ4n) is 2.93. The summed E-state index contributed by atoms with van der Waals surface area (Å²) in [5.74, 6) is 0.149. The quantitative estimate of drug-likeness (QED) is 0.787. The Kier molecular flexibility index (Phi) is 4.38. The van der Waals surface area contributed by atoms with Gasteiger partial charge in [-0.1, -0.05) is 19.3 Å². The molecule has 1 saturated heterocycles. The van der Waals surface area contributed by atoms with Crippen molar-refractivity contribution < 1.29 is 4.79 Å². The summed E-state index contributed by atoms with van der Waals surface area (Å²) in [7, 11) is 0. The molecular weight excluding hydrogens is 214 g/mol. The van der Waals surface area contributed by atoms with Gasteiger partial charge in [-0.3, -0.25) is 4.79 Å². The maximum absolute atomic E-state index is 12.3. The number of amides is 1. The summed E-state index contributed by atoms with van der Waals surface area (Å²) in [6.45, 7) is 1.71. The lowest BCUT2D eigenvalue weighted by molar-refractivity contribution is -0.135. The van der Waals surface area contributed by atoms with Crippen LogP contribution in [0.3, 0.4) is 0 Å². The lowest BCUT2D eigenvalue weighted by atomic mass is 9.93. The lowest BCUT2D eigenvalue weighted by Crippen LogP contribution is -2.48. The summed E-state index contributed by atoms with van der Waals surface area (Å²) in [5, 5.41) is 12.0. The maximum Gasteiger partial charge on any atom is 0.241 e. The third kappa shape index (κ3) is 2.98. The van der Waals surface area contributed by atoms with Gasteiger partial charge in [-0.05, 0) is 25.8 Å². The minimum absolute atomic E-state index is 0.149. The zero-order valence-corrected chi connectivity index (χ0v) is 10.3. The number of rotatable bonds is 2. The van der Waals surface area contributed by atoms with Gasteiger partial charge in [0.15, 0.2) is 0 Å².